The van der Waals surface area contributed by atoms with Crippen molar-refractivity contribution in [2.45, 2.75) is 25.7 Å². The highest BCUT2D eigenvalue weighted by atomic mass is 32.1. The van der Waals surface area contributed by atoms with Gasteiger partial charge in [-0.15, -0.1) is 17.9 Å². The molecular formula is C21H24N4O4S. The van der Waals surface area contributed by atoms with Crippen LogP contribution in [0.4, 0.5) is 16.5 Å². The maximum Gasteiger partial charge on any atom is 0.293 e. The van der Waals surface area contributed by atoms with Crippen LogP contribution in [0.3, 0.4) is 0 Å². The summed E-state index contributed by atoms with van der Waals surface area (Å²) in [4.78, 5) is 34.0. The van der Waals surface area contributed by atoms with E-state index in [4.69, 9.17) is 4.74 Å². The van der Waals surface area contributed by atoms with Gasteiger partial charge in [-0.2, -0.15) is 0 Å². The lowest BCUT2D eigenvalue weighted by Gasteiger charge is -2.28. The molecule has 30 heavy (non-hydrogen) atoms. The van der Waals surface area contributed by atoms with Crippen molar-refractivity contribution in [1.82, 2.24) is 4.98 Å². The Morgan fingerprint density at radius 2 is 2.10 bits per heavy atom. The first-order chi connectivity index (χ1) is 14.6. The molecule has 1 saturated heterocycles. The number of anilines is 2. The number of hydrogen-bond donors (Lipinski definition) is 0. The second-order valence-electron chi connectivity index (χ2n) is 7.34. The van der Waals surface area contributed by atoms with E-state index in [1.165, 1.54) is 22.3 Å². The standard InChI is InChI=1S/C21H24N4O4S/c1-2-9-24(21-22-16-5-3-4-6-19(16)30-21)20(26)15-7-8-17(18(14-15)25(27)28)23-10-12-29-13-11-23/h2,7-8,14H,1,3-6,9-13H2. The Balaban J connectivity index is 1.66. The Kier molecular flexibility index (Phi) is 6.10. The fourth-order valence-corrected chi connectivity index (χ4v) is 5.02. The lowest BCUT2D eigenvalue weighted by molar-refractivity contribution is -0.384. The highest BCUT2D eigenvalue weighted by molar-refractivity contribution is 7.16. The summed E-state index contributed by atoms with van der Waals surface area (Å²) in [6, 6.07) is 4.69. The van der Waals surface area contributed by atoms with Gasteiger partial charge in [-0.1, -0.05) is 6.08 Å². The number of fused-ring (bicyclic) bond motifs is 1. The topological polar surface area (TPSA) is 88.8 Å². The molecule has 0 radical (unpaired) electrons. The minimum atomic E-state index is -0.429. The predicted molar refractivity (Wildman–Crippen MR) is 117 cm³/mol. The quantitative estimate of drug-likeness (QED) is 0.397. The van der Waals surface area contributed by atoms with E-state index in [2.05, 4.69) is 11.6 Å². The predicted octanol–water partition coefficient (Wildman–Crippen LogP) is 3.60. The van der Waals surface area contributed by atoms with Crippen molar-refractivity contribution >= 4 is 33.8 Å². The molecule has 2 aliphatic rings. The molecule has 1 aliphatic carbocycles. The monoisotopic (exact) mass is 428 g/mol. The average Bonchev–Trinajstić information content (AvgIpc) is 3.21. The van der Waals surface area contributed by atoms with Gasteiger partial charge in [0.1, 0.15) is 5.69 Å². The van der Waals surface area contributed by atoms with Crippen molar-refractivity contribution in [3.05, 3.63) is 57.1 Å². The lowest BCUT2D eigenvalue weighted by Crippen LogP contribution is -2.36. The van der Waals surface area contributed by atoms with Crippen molar-refractivity contribution in [2.75, 3.05) is 42.6 Å². The number of carbonyl (C=O) groups excluding carboxylic acids is 1. The van der Waals surface area contributed by atoms with Crippen LogP contribution in [-0.2, 0) is 17.6 Å². The molecule has 4 rings (SSSR count). The van der Waals surface area contributed by atoms with Crippen LogP contribution in [0.5, 0.6) is 0 Å². The molecule has 0 bridgehead atoms. The van der Waals surface area contributed by atoms with Crippen molar-refractivity contribution in [1.29, 1.82) is 0 Å². The number of nitro groups is 1. The number of benzene rings is 1. The van der Waals surface area contributed by atoms with Crippen molar-refractivity contribution in [2.24, 2.45) is 0 Å². The molecule has 1 aromatic heterocycles. The van der Waals surface area contributed by atoms with Crippen LogP contribution in [0.2, 0.25) is 0 Å². The lowest BCUT2D eigenvalue weighted by atomic mass is 10.0. The molecule has 0 atom stereocenters. The van der Waals surface area contributed by atoms with Crippen molar-refractivity contribution in [3.63, 3.8) is 0 Å². The normalized spacial score (nSPS) is 16.1. The molecule has 158 valence electrons. The summed E-state index contributed by atoms with van der Waals surface area (Å²) < 4.78 is 5.34. The number of thiazole rings is 1. The second kappa shape index (κ2) is 8.93. The molecule has 0 saturated carbocycles. The largest absolute Gasteiger partial charge is 0.378 e. The van der Waals surface area contributed by atoms with Crippen LogP contribution in [0, 0.1) is 10.1 Å². The SMILES string of the molecule is C=CCN(C(=O)c1ccc(N2CCOCC2)c([N+](=O)[O-])c1)c1nc2c(s1)CCCC2. The van der Waals surface area contributed by atoms with E-state index in [1.807, 2.05) is 4.90 Å². The first kappa shape index (κ1) is 20.5. The molecule has 1 aromatic carbocycles. The molecule has 0 unspecified atom stereocenters. The summed E-state index contributed by atoms with van der Waals surface area (Å²) in [5, 5.41) is 12.4. The molecule has 1 fully saturated rings. The summed E-state index contributed by atoms with van der Waals surface area (Å²) in [6.45, 7) is 6.28. The number of amides is 1. The second-order valence-corrected chi connectivity index (χ2v) is 8.40. The summed E-state index contributed by atoms with van der Waals surface area (Å²) >= 11 is 1.53. The Morgan fingerprint density at radius 1 is 1.33 bits per heavy atom. The third kappa shape index (κ3) is 4.08. The summed E-state index contributed by atoms with van der Waals surface area (Å²) in [5.74, 6) is -0.308. The molecule has 2 aromatic rings. The summed E-state index contributed by atoms with van der Waals surface area (Å²) in [5.41, 5.74) is 1.78. The van der Waals surface area contributed by atoms with Crippen LogP contribution >= 0.6 is 11.3 Å². The molecule has 2 heterocycles. The van der Waals surface area contributed by atoms with Gasteiger partial charge in [0.05, 0.1) is 23.8 Å². The first-order valence-corrected chi connectivity index (χ1v) is 10.9. The number of aryl methyl sites for hydroxylation is 2. The van der Waals surface area contributed by atoms with Gasteiger partial charge in [-0.25, -0.2) is 4.98 Å². The van der Waals surface area contributed by atoms with E-state index >= 15 is 0 Å². The van der Waals surface area contributed by atoms with Crippen LogP contribution in [0.1, 0.15) is 33.8 Å². The zero-order valence-electron chi connectivity index (χ0n) is 16.7. The number of morpholine rings is 1. The van der Waals surface area contributed by atoms with E-state index in [-0.39, 0.29) is 17.2 Å². The Labute approximate surface area is 178 Å². The smallest absolute Gasteiger partial charge is 0.293 e. The third-order valence-electron chi connectivity index (χ3n) is 5.39. The minimum Gasteiger partial charge on any atom is -0.378 e. The van der Waals surface area contributed by atoms with Gasteiger partial charge in [-0.3, -0.25) is 19.8 Å². The third-order valence-corrected chi connectivity index (χ3v) is 6.57. The Hall–Kier alpha value is -2.78. The first-order valence-electron chi connectivity index (χ1n) is 10.1. The molecule has 1 aliphatic heterocycles. The average molecular weight is 429 g/mol. The highest BCUT2D eigenvalue weighted by Crippen LogP contribution is 2.34. The van der Waals surface area contributed by atoms with Gasteiger partial charge >= 0.3 is 0 Å². The molecule has 9 heteroatoms. The van der Waals surface area contributed by atoms with Gasteiger partial charge in [-0.05, 0) is 37.8 Å². The van der Waals surface area contributed by atoms with E-state index in [9.17, 15) is 14.9 Å². The number of nitro benzene ring substituents is 1. The van der Waals surface area contributed by atoms with Crippen LogP contribution in [0.15, 0.2) is 30.9 Å². The van der Waals surface area contributed by atoms with Gasteiger partial charge in [0.25, 0.3) is 11.6 Å². The zero-order chi connectivity index (χ0) is 21.1. The fraction of sp³-hybridized carbons (Fsp3) is 0.429. The van der Waals surface area contributed by atoms with Crippen LogP contribution in [0.25, 0.3) is 0 Å². The Bertz CT molecular complexity index is 944. The number of aromatic nitrogens is 1. The van der Waals surface area contributed by atoms with Gasteiger partial charge in [0.15, 0.2) is 5.13 Å². The Morgan fingerprint density at radius 3 is 2.80 bits per heavy atom. The number of rotatable bonds is 6. The number of ether oxygens (including phenoxy) is 1. The van der Waals surface area contributed by atoms with Crippen molar-refractivity contribution in [3.8, 4) is 0 Å². The molecule has 1 amide bonds. The number of carbonyl (C=O) groups is 1. The summed E-state index contributed by atoms with van der Waals surface area (Å²) in [7, 11) is 0. The van der Waals surface area contributed by atoms with E-state index < -0.39 is 4.92 Å². The van der Waals surface area contributed by atoms with Gasteiger partial charge in [0, 0.05) is 36.1 Å². The van der Waals surface area contributed by atoms with E-state index in [1.54, 1.807) is 23.1 Å². The van der Waals surface area contributed by atoms with Gasteiger partial charge in [0.2, 0.25) is 0 Å². The van der Waals surface area contributed by atoms with Crippen molar-refractivity contribution < 1.29 is 14.5 Å². The summed E-state index contributed by atoms with van der Waals surface area (Å²) in [6.07, 6.45) is 5.82. The van der Waals surface area contributed by atoms with E-state index in [0.717, 1.165) is 31.4 Å². The van der Waals surface area contributed by atoms with Gasteiger partial charge < -0.3 is 9.64 Å². The molecule has 0 N–H and O–H groups in total. The van der Waals surface area contributed by atoms with E-state index in [0.29, 0.717) is 43.7 Å². The maximum absolute atomic E-state index is 13.3. The number of nitrogens with zero attached hydrogens (tertiary/aromatic N) is 4. The van der Waals surface area contributed by atoms with Crippen LogP contribution in [-0.4, -0.2) is 48.7 Å². The van der Waals surface area contributed by atoms with Crippen LogP contribution < -0.4 is 9.80 Å². The zero-order valence-corrected chi connectivity index (χ0v) is 17.5. The minimum absolute atomic E-state index is 0.0697. The number of hydrogen-bond acceptors (Lipinski definition) is 7. The fourth-order valence-electron chi connectivity index (χ4n) is 3.86. The highest BCUT2D eigenvalue weighted by Gasteiger charge is 2.27. The maximum atomic E-state index is 13.3. The molecular weight excluding hydrogens is 404 g/mol. The molecule has 8 nitrogen and oxygen atoms in total. The molecule has 0 spiro atoms.